The number of halogens is 1. The predicted octanol–water partition coefficient (Wildman–Crippen LogP) is 2.86. The molecule has 1 N–H and O–H groups in total. The molecule has 0 amide bonds. The smallest absolute Gasteiger partial charge is 0.213 e. The Labute approximate surface area is 116 Å². The molecule has 4 nitrogen and oxygen atoms in total. The molecule has 0 fully saturated rings. The van der Waals surface area contributed by atoms with E-state index in [9.17, 15) is 9.50 Å². The van der Waals surface area contributed by atoms with Gasteiger partial charge in [0.1, 0.15) is 6.61 Å². The molecule has 0 bridgehead atoms. The van der Waals surface area contributed by atoms with Gasteiger partial charge in [-0.15, -0.1) is 0 Å². The minimum atomic E-state index is -0.710. The SMILES string of the molecule is COc1cccc(COc2ccc(C(C)O)cc2F)n1. The summed E-state index contributed by atoms with van der Waals surface area (Å²) in [6.07, 6.45) is -0.710. The standard InChI is InChI=1S/C15H16FNO3/c1-10(18)11-6-7-14(13(16)8-11)20-9-12-4-3-5-15(17-12)19-2/h3-8,10,18H,9H2,1-2H3. The Morgan fingerprint density at radius 2 is 2.10 bits per heavy atom. The number of pyridine rings is 1. The summed E-state index contributed by atoms with van der Waals surface area (Å²) in [7, 11) is 1.53. The van der Waals surface area contributed by atoms with Gasteiger partial charge < -0.3 is 14.6 Å². The van der Waals surface area contributed by atoms with Crippen LogP contribution in [0.3, 0.4) is 0 Å². The minimum Gasteiger partial charge on any atom is -0.484 e. The van der Waals surface area contributed by atoms with Crippen LogP contribution in [0.2, 0.25) is 0 Å². The van der Waals surface area contributed by atoms with Gasteiger partial charge in [0.15, 0.2) is 11.6 Å². The highest BCUT2D eigenvalue weighted by Crippen LogP contribution is 2.22. The van der Waals surface area contributed by atoms with E-state index in [1.54, 1.807) is 31.2 Å². The second-order valence-corrected chi connectivity index (χ2v) is 4.33. The molecule has 0 aliphatic rings. The van der Waals surface area contributed by atoms with Crippen molar-refractivity contribution in [1.29, 1.82) is 0 Å². The molecule has 0 radical (unpaired) electrons. The number of hydrogen-bond donors (Lipinski definition) is 1. The number of methoxy groups -OCH3 is 1. The van der Waals surface area contributed by atoms with Gasteiger partial charge in [-0.1, -0.05) is 12.1 Å². The molecule has 0 saturated carbocycles. The Morgan fingerprint density at radius 3 is 2.75 bits per heavy atom. The molecule has 0 saturated heterocycles. The first-order chi connectivity index (χ1) is 9.60. The summed E-state index contributed by atoms with van der Waals surface area (Å²) in [5.41, 5.74) is 1.15. The van der Waals surface area contributed by atoms with Crippen molar-refractivity contribution in [2.75, 3.05) is 7.11 Å². The fourth-order valence-corrected chi connectivity index (χ4v) is 1.70. The summed E-state index contributed by atoms with van der Waals surface area (Å²) in [4.78, 5) is 4.17. The van der Waals surface area contributed by atoms with Gasteiger partial charge in [-0.2, -0.15) is 0 Å². The largest absolute Gasteiger partial charge is 0.484 e. The number of ether oxygens (including phenoxy) is 2. The van der Waals surface area contributed by atoms with Crippen molar-refractivity contribution >= 4 is 0 Å². The third kappa shape index (κ3) is 3.45. The topological polar surface area (TPSA) is 51.6 Å². The molecular formula is C15H16FNO3. The molecule has 5 heteroatoms. The molecule has 0 spiro atoms. The second-order valence-electron chi connectivity index (χ2n) is 4.33. The summed E-state index contributed by atoms with van der Waals surface area (Å²) in [6.45, 7) is 1.72. The van der Waals surface area contributed by atoms with Crippen LogP contribution in [0.15, 0.2) is 36.4 Å². The zero-order valence-electron chi connectivity index (χ0n) is 11.3. The Hall–Kier alpha value is -2.14. The van der Waals surface area contributed by atoms with E-state index in [0.717, 1.165) is 0 Å². The minimum absolute atomic E-state index is 0.124. The molecule has 1 atom stereocenters. The van der Waals surface area contributed by atoms with Gasteiger partial charge in [0.05, 0.1) is 18.9 Å². The maximum absolute atomic E-state index is 13.8. The molecule has 0 aliphatic heterocycles. The zero-order valence-corrected chi connectivity index (χ0v) is 11.3. The lowest BCUT2D eigenvalue weighted by Crippen LogP contribution is -2.01. The lowest BCUT2D eigenvalue weighted by Gasteiger charge is -2.10. The average Bonchev–Trinajstić information content (AvgIpc) is 2.46. The monoisotopic (exact) mass is 277 g/mol. The van der Waals surface area contributed by atoms with E-state index in [1.807, 2.05) is 0 Å². The van der Waals surface area contributed by atoms with Crippen molar-refractivity contribution in [2.24, 2.45) is 0 Å². The lowest BCUT2D eigenvalue weighted by atomic mass is 10.1. The van der Waals surface area contributed by atoms with Gasteiger partial charge >= 0.3 is 0 Å². The van der Waals surface area contributed by atoms with Gasteiger partial charge in [0.2, 0.25) is 5.88 Å². The zero-order chi connectivity index (χ0) is 14.5. The van der Waals surface area contributed by atoms with Gasteiger partial charge in [0.25, 0.3) is 0 Å². The van der Waals surface area contributed by atoms with Crippen LogP contribution in [-0.4, -0.2) is 17.2 Å². The van der Waals surface area contributed by atoms with E-state index in [2.05, 4.69) is 4.98 Å². The molecular weight excluding hydrogens is 261 g/mol. The van der Waals surface area contributed by atoms with Crippen LogP contribution in [-0.2, 0) is 6.61 Å². The molecule has 2 rings (SSSR count). The highest BCUT2D eigenvalue weighted by Gasteiger charge is 2.08. The summed E-state index contributed by atoms with van der Waals surface area (Å²) in [6, 6.07) is 9.67. The van der Waals surface area contributed by atoms with Crippen LogP contribution >= 0.6 is 0 Å². The molecule has 20 heavy (non-hydrogen) atoms. The Kier molecular flexibility index (Phi) is 4.53. The Balaban J connectivity index is 2.07. The van der Waals surface area contributed by atoms with Crippen LogP contribution in [0.4, 0.5) is 4.39 Å². The van der Waals surface area contributed by atoms with Crippen LogP contribution in [0.1, 0.15) is 24.3 Å². The fraction of sp³-hybridized carbons (Fsp3) is 0.267. The van der Waals surface area contributed by atoms with E-state index in [1.165, 1.54) is 19.2 Å². The first-order valence-corrected chi connectivity index (χ1v) is 6.20. The van der Waals surface area contributed by atoms with Crippen molar-refractivity contribution in [1.82, 2.24) is 4.98 Å². The highest BCUT2D eigenvalue weighted by atomic mass is 19.1. The third-order valence-electron chi connectivity index (χ3n) is 2.80. The maximum atomic E-state index is 13.8. The van der Waals surface area contributed by atoms with Crippen molar-refractivity contribution in [3.8, 4) is 11.6 Å². The normalized spacial score (nSPS) is 12.0. The average molecular weight is 277 g/mol. The maximum Gasteiger partial charge on any atom is 0.213 e. The fourth-order valence-electron chi connectivity index (χ4n) is 1.70. The molecule has 2 aromatic rings. The van der Waals surface area contributed by atoms with Crippen molar-refractivity contribution in [3.63, 3.8) is 0 Å². The van der Waals surface area contributed by atoms with Crippen LogP contribution in [0, 0.1) is 5.82 Å². The van der Waals surface area contributed by atoms with Crippen molar-refractivity contribution < 1.29 is 19.0 Å². The summed E-state index contributed by atoms with van der Waals surface area (Å²) in [5.74, 6) is 0.0985. The number of aliphatic hydroxyl groups is 1. The first-order valence-electron chi connectivity index (χ1n) is 6.20. The van der Waals surface area contributed by atoms with Crippen LogP contribution in [0.25, 0.3) is 0 Å². The number of benzene rings is 1. The van der Waals surface area contributed by atoms with Crippen LogP contribution in [0.5, 0.6) is 11.6 Å². The van der Waals surface area contributed by atoms with Crippen molar-refractivity contribution in [2.45, 2.75) is 19.6 Å². The molecule has 1 aromatic heterocycles. The third-order valence-corrected chi connectivity index (χ3v) is 2.80. The first kappa shape index (κ1) is 14.3. The van der Waals surface area contributed by atoms with Gasteiger partial charge in [-0.05, 0) is 30.7 Å². The predicted molar refractivity (Wildman–Crippen MR) is 72.2 cm³/mol. The van der Waals surface area contributed by atoms with Gasteiger partial charge in [0, 0.05) is 6.07 Å². The van der Waals surface area contributed by atoms with E-state index in [0.29, 0.717) is 17.1 Å². The number of aliphatic hydroxyl groups excluding tert-OH is 1. The molecule has 1 unspecified atom stereocenters. The number of rotatable bonds is 5. The Bertz CT molecular complexity index is 587. The van der Waals surface area contributed by atoms with E-state index < -0.39 is 11.9 Å². The number of hydrogen-bond acceptors (Lipinski definition) is 4. The molecule has 1 heterocycles. The summed E-state index contributed by atoms with van der Waals surface area (Å²) >= 11 is 0. The van der Waals surface area contributed by atoms with Gasteiger partial charge in [-0.3, -0.25) is 0 Å². The van der Waals surface area contributed by atoms with Crippen LogP contribution < -0.4 is 9.47 Å². The van der Waals surface area contributed by atoms with E-state index in [4.69, 9.17) is 9.47 Å². The number of nitrogens with zero attached hydrogens (tertiary/aromatic N) is 1. The number of aromatic nitrogens is 1. The summed E-state index contributed by atoms with van der Waals surface area (Å²) in [5, 5.41) is 9.37. The summed E-state index contributed by atoms with van der Waals surface area (Å²) < 4.78 is 24.2. The van der Waals surface area contributed by atoms with E-state index in [-0.39, 0.29) is 12.4 Å². The molecule has 1 aromatic carbocycles. The highest BCUT2D eigenvalue weighted by molar-refractivity contribution is 5.30. The van der Waals surface area contributed by atoms with E-state index >= 15 is 0 Å². The van der Waals surface area contributed by atoms with Gasteiger partial charge in [-0.25, -0.2) is 9.37 Å². The Morgan fingerprint density at radius 1 is 1.30 bits per heavy atom. The van der Waals surface area contributed by atoms with Crippen molar-refractivity contribution in [3.05, 3.63) is 53.5 Å². The second kappa shape index (κ2) is 6.34. The molecule has 0 aliphatic carbocycles. The quantitative estimate of drug-likeness (QED) is 0.913. The molecule has 106 valence electrons. The lowest BCUT2D eigenvalue weighted by molar-refractivity contribution is 0.198.